The average Bonchev–Trinajstić information content (AvgIpc) is 3.30. The molecule has 4 aliphatic carbocycles. The first-order valence-corrected chi connectivity index (χ1v) is 25.4. The third-order valence-corrected chi connectivity index (χ3v) is 28.3. The molecule has 4 saturated carbocycles. The normalized spacial score (nSPS) is 36.1. The van der Waals surface area contributed by atoms with Crippen LogP contribution in [0, 0.1) is 40.4 Å². The van der Waals surface area contributed by atoms with E-state index in [2.05, 4.69) is 43.0 Å². The van der Waals surface area contributed by atoms with E-state index >= 15 is 0 Å². The van der Waals surface area contributed by atoms with Crippen molar-refractivity contribution in [3.63, 3.8) is 0 Å². The van der Waals surface area contributed by atoms with Gasteiger partial charge in [-0.25, -0.2) is 0 Å². The molecular weight excluding hydrogens is 595 g/mol. The molecule has 4 rings (SSSR count). The van der Waals surface area contributed by atoms with Crippen molar-refractivity contribution in [1.29, 1.82) is 0 Å². The summed E-state index contributed by atoms with van der Waals surface area (Å²) in [6.45, 7) is 12.4. The van der Waals surface area contributed by atoms with Crippen molar-refractivity contribution >= 4 is 24.5 Å². The molecule has 0 aromatic heterocycles. The van der Waals surface area contributed by atoms with Gasteiger partial charge in [0.15, 0.2) is 0 Å². The predicted molar refractivity (Wildman–Crippen MR) is 176 cm³/mol. The van der Waals surface area contributed by atoms with Gasteiger partial charge in [-0.3, -0.25) is 0 Å². The Bertz CT molecular complexity index is 793. The van der Waals surface area contributed by atoms with E-state index in [0.29, 0.717) is 10.8 Å². The second-order valence-corrected chi connectivity index (χ2v) is 28.2. The quantitative estimate of drug-likeness (QED) is 0.0639. The number of hydrogen-bond donors (Lipinski definition) is 2. The molecule has 5 heteroatoms. The minimum atomic E-state index is -2.74. The molecule has 0 saturated heterocycles. The molecule has 7 atom stereocenters. The molecule has 4 nitrogen and oxygen atoms in total. The number of unbranched alkanes of at least 4 members (excludes halogenated alkanes) is 3. The molecule has 0 radical (unpaired) electrons. The van der Waals surface area contributed by atoms with Gasteiger partial charge in [0.2, 0.25) is 0 Å². The van der Waals surface area contributed by atoms with Crippen LogP contribution in [0.2, 0.25) is 13.3 Å². The van der Waals surface area contributed by atoms with Crippen LogP contribution >= 0.6 is 0 Å². The van der Waals surface area contributed by atoms with E-state index in [0.717, 1.165) is 41.8 Å². The minimum absolute atomic E-state index is 0.563. The first kappa shape index (κ1) is 32.9. The predicted octanol–water partition coefficient (Wildman–Crippen LogP) is 10.00. The second kappa shape index (κ2) is 14.7. The number of fused-ring (bicyclic) bond motifs is 5. The van der Waals surface area contributed by atoms with Crippen LogP contribution in [-0.2, 0) is 0 Å². The fourth-order valence-electron chi connectivity index (χ4n) is 11.2. The molecule has 0 heterocycles. The van der Waals surface area contributed by atoms with Crippen molar-refractivity contribution < 1.29 is 0 Å². The first-order valence-electron chi connectivity index (χ1n) is 18.1. The van der Waals surface area contributed by atoms with Gasteiger partial charge in [-0.2, -0.15) is 0 Å². The molecule has 0 amide bonds. The molecule has 0 aromatic carbocycles. The first-order chi connectivity index (χ1) is 19.3. The summed E-state index contributed by atoms with van der Waals surface area (Å²) in [6, 6.07) is 0. The molecule has 0 aliphatic heterocycles. The Morgan fingerprint density at radius 1 is 0.775 bits per heavy atom. The second-order valence-electron chi connectivity index (χ2n) is 15.6. The van der Waals surface area contributed by atoms with Crippen molar-refractivity contribution in [3.05, 3.63) is 0 Å². The number of hydrogen-bond acceptors (Lipinski definition) is 3. The number of amidine groups is 1. The molecule has 0 spiro atoms. The summed E-state index contributed by atoms with van der Waals surface area (Å²) in [4.78, 5) is 0. The van der Waals surface area contributed by atoms with E-state index in [1.165, 1.54) is 129 Å². The number of nitrogens with two attached hydrogens (primary N) is 2. The average molecular weight is 664 g/mol. The number of rotatable bonds is 14. The van der Waals surface area contributed by atoms with Gasteiger partial charge < -0.3 is 0 Å². The zero-order chi connectivity index (χ0) is 28.8. The fraction of sp³-hybridized carbons (Fsp3) is 0.971. The molecule has 0 aromatic rings. The molecular formula is C35H68N4Sn. The van der Waals surface area contributed by atoms with Gasteiger partial charge in [-0.1, -0.05) is 12.8 Å². The Labute approximate surface area is 253 Å². The molecule has 4 fully saturated rings. The van der Waals surface area contributed by atoms with Gasteiger partial charge in [0.25, 0.3) is 0 Å². The molecule has 7 unspecified atom stereocenters. The zero-order valence-corrected chi connectivity index (χ0v) is 30.3. The van der Waals surface area contributed by atoms with Gasteiger partial charge >= 0.3 is 236 Å². The standard InChI is InChI=1S/C23H41N4.3C4H9.Sn/c1-22-14-4-3-6-16(22)9-11-18-19-12-10-17(7-5-8-21(26-24)27-25)23(19,2)15-13-20(18)22;3*1-3-4-2;/h16-20H,3-15,24-25H2,1-2H3;3*1,3-4H2,2H3;/q-1;;;;+1. The van der Waals surface area contributed by atoms with Gasteiger partial charge in [0.05, 0.1) is 0 Å². The van der Waals surface area contributed by atoms with Gasteiger partial charge in [-0.15, -0.1) is 0 Å². The molecule has 4 N–H and O–H groups in total. The molecule has 232 valence electrons. The summed E-state index contributed by atoms with van der Waals surface area (Å²) in [6.07, 6.45) is 26.3. The van der Waals surface area contributed by atoms with Crippen LogP contribution in [0.3, 0.4) is 0 Å². The molecule has 4 aliphatic rings. The topological polar surface area (TPSA) is 67.6 Å². The Morgan fingerprint density at radius 2 is 1.43 bits per heavy atom. The number of nitrogens with zero attached hydrogens (tertiary/aromatic N) is 2. The van der Waals surface area contributed by atoms with Gasteiger partial charge in [0.1, 0.15) is 0 Å². The van der Waals surface area contributed by atoms with E-state index in [4.69, 9.17) is 11.7 Å². The Kier molecular flexibility index (Phi) is 12.1. The number of hydrazone groups is 1. The van der Waals surface area contributed by atoms with E-state index in [1.54, 1.807) is 0 Å². The van der Waals surface area contributed by atoms with Crippen molar-refractivity contribution in [2.24, 2.45) is 57.2 Å². The monoisotopic (exact) mass is 664 g/mol. The van der Waals surface area contributed by atoms with Gasteiger partial charge in [-0.05, 0) is 6.42 Å². The van der Waals surface area contributed by atoms with Crippen LogP contribution < -0.4 is 11.7 Å². The number of hydrazine groups is 1. The summed E-state index contributed by atoms with van der Waals surface area (Å²) >= 11 is -2.74. The summed E-state index contributed by atoms with van der Waals surface area (Å²) in [5, 5.41) is 4.41. The van der Waals surface area contributed by atoms with Crippen LogP contribution in [0.1, 0.15) is 157 Å². The zero-order valence-electron chi connectivity index (χ0n) is 27.5. The van der Waals surface area contributed by atoms with Crippen LogP contribution in [0.15, 0.2) is 5.10 Å². The summed E-state index contributed by atoms with van der Waals surface area (Å²) in [5.74, 6) is 19.2. The third kappa shape index (κ3) is 6.58. The molecule has 0 bridgehead atoms. The summed E-state index contributed by atoms with van der Waals surface area (Å²) < 4.78 is 6.39. The SMILES string of the molecule is CCC[CH2][Sn]([CH2]CCC)([CH2]CCC)[N](N)/C(CCCC1CCC2C3CCC4CCCCC4(C)C3CCC12C)=N\N. The van der Waals surface area contributed by atoms with E-state index in [9.17, 15) is 0 Å². The maximum absolute atomic E-state index is 7.11. The van der Waals surface area contributed by atoms with Crippen LogP contribution in [0.5, 0.6) is 0 Å². The Morgan fingerprint density at radius 3 is 2.05 bits per heavy atom. The van der Waals surface area contributed by atoms with Crippen LogP contribution in [0.25, 0.3) is 0 Å². The van der Waals surface area contributed by atoms with Crippen molar-refractivity contribution in [2.75, 3.05) is 0 Å². The Hall–Kier alpha value is 0.0287. The summed E-state index contributed by atoms with van der Waals surface area (Å²) in [7, 11) is 0. The van der Waals surface area contributed by atoms with Crippen molar-refractivity contribution in [1.82, 2.24) is 3.23 Å². The van der Waals surface area contributed by atoms with E-state index in [-0.39, 0.29) is 0 Å². The maximum atomic E-state index is 7.11. The third-order valence-electron chi connectivity index (χ3n) is 13.7. The fourth-order valence-corrected chi connectivity index (χ4v) is 26.1. The van der Waals surface area contributed by atoms with E-state index < -0.39 is 18.7 Å². The van der Waals surface area contributed by atoms with Crippen LogP contribution in [-0.4, -0.2) is 27.7 Å². The summed E-state index contributed by atoms with van der Waals surface area (Å²) in [5.41, 5.74) is 1.22. The van der Waals surface area contributed by atoms with Crippen molar-refractivity contribution in [2.45, 2.75) is 170 Å². The van der Waals surface area contributed by atoms with Crippen LogP contribution in [0.4, 0.5) is 0 Å². The van der Waals surface area contributed by atoms with Gasteiger partial charge in [0, 0.05) is 0 Å². The van der Waals surface area contributed by atoms with Crippen molar-refractivity contribution in [3.8, 4) is 0 Å². The molecule has 40 heavy (non-hydrogen) atoms. The Balaban J connectivity index is 1.38. The van der Waals surface area contributed by atoms with E-state index in [1.807, 2.05) is 0 Å².